The molecule has 3 aromatic carbocycles. The summed E-state index contributed by atoms with van der Waals surface area (Å²) in [5.41, 5.74) is 3.73. The van der Waals surface area contributed by atoms with Gasteiger partial charge in [0.05, 0.1) is 17.7 Å². The predicted octanol–water partition coefficient (Wildman–Crippen LogP) is 6.25. The molecule has 1 amide bonds. The summed E-state index contributed by atoms with van der Waals surface area (Å²) < 4.78 is 5.78. The van der Waals surface area contributed by atoms with Crippen LogP contribution in [0.2, 0.25) is 5.02 Å². The number of unbranched alkanes of at least 4 members (excludes halogenated alkanes) is 1. The fourth-order valence-corrected chi connectivity index (χ4v) is 3.65. The van der Waals surface area contributed by atoms with Crippen LogP contribution < -0.4 is 10.1 Å². The Hall–Kier alpha value is -3.31. The van der Waals surface area contributed by atoms with E-state index in [1.54, 1.807) is 42.5 Å². The number of ether oxygens (including phenoxy) is 1. The van der Waals surface area contributed by atoms with Gasteiger partial charge in [-0.2, -0.15) is 0 Å². The van der Waals surface area contributed by atoms with E-state index in [0.29, 0.717) is 29.4 Å². The van der Waals surface area contributed by atoms with Crippen molar-refractivity contribution in [1.82, 2.24) is 5.32 Å². The smallest absolute Gasteiger partial charge is 0.335 e. The van der Waals surface area contributed by atoms with E-state index in [2.05, 4.69) is 12.2 Å². The molecular weight excluding hydrogens is 438 g/mol. The fraction of sp³-hybridized carbons (Fsp3) is 0.259. The van der Waals surface area contributed by atoms with Crippen molar-refractivity contribution in [2.45, 2.75) is 39.2 Å². The molecule has 3 rings (SSSR count). The number of nitrogens with one attached hydrogen (secondary N) is 1. The molecule has 0 heterocycles. The highest BCUT2D eigenvalue weighted by Gasteiger charge is 2.16. The minimum absolute atomic E-state index is 0.0966. The monoisotopic (exact) mass is 465 g/mol. The highest BCUT2D eigenvalue weighted by molar-refractivity contribution is 6.31. The van der Waals surface area contributed by atoms with Gasteiger partial charge >= 0.3 is 5.97 Å². The highest BCUT2D eigenvalue weighted by atomic mass is 35.5. The third kappa shape index (κ3) is 6.83. The lowest BCUT2D eigenvalue weighted by Crippen LogP contribution is -2.34. The Labute approximate surface area is 199 Å². The summed E-state index contributed by atoms with van der Waals surface area (Å²) in [6, 6.07) is 19.8. The van der Waals surface area contributed by atoms with E-state index in [4.69, 9.17) is 21.4 Å². The molecule has 0 saturated carbocycles. The Balaban J connectivity index is 1.62. The molecule has 0 aliphatic carbocycles. The van der Waals surface area contributed by atoms with Gasteiger partial charge in [-0.1, -0.05) is 61.3 Å². The molecule has 5 nitrogen and oxygen atoms in total. The quantitative estimate of drug-likeness (QED) is 0.347. The standard InChI is InChI=1S/C27H28ClNO4/c1-3-4-15-33-25-14-13-23(28)17-24(25)26(30)29-18(2)16-19-5-7-20(8-6-19)21-9-11-22(12-10-21)27(31)32/h5-14,17-18H,3-4,15-16H2,1-2H3,(H,29,30)(H,31,32). The molecule has 33 heavy (non-hydrogen) atoms. The normalized spacial score (nSPS) is 11.6. The molecule has 0 radical (unpaired) electrons. The lowest BCUT2D eigenvalue weighted by atomic mass is 10.00. The molecule has 0 bridgehead atoms. The van der Waals surface area contributed by atoms with Gasteiger partial charge in [-0.3, -0.25) is 4.79 Å². The van der Waals surface area contributed by atoms with Gasteiger partial charge in [0, 0.05) is 11.1 Å². The third-order valence-electron chi connectivity index (χ3n) is 5.28. The van der Waals surface area contributed by atoms with E-state index in [-0.39, 0.29) is 17.5 Å². The van der Waals surface area contributed by atoms with Crippen molar-refractivity contribution in [3.8, 4) is 16.9 Å². The van der Waals surface area contributed by atoms with Crippen molar-refractivity contribution >= 4 is 23.5 Å². The third-order valence-corrected chi connectivity index (χ3v) is 5.52. The number of amides is 1. The molecule has 6 heteroatoms. The molecule has 0 aliphatic rings. The Morgan fingerprint density at radius 1 is 1.00 bits per heavy atom. The summed E-state index contributed by atoms with van der Waals surface area (Å²) >= 11 is 6.11. The Morgan fingerprint density at radius 2 is 1.64 bits per heavy atom. The van der Waals surface area contributed by atoms with Crippen LogP contribution in [0.5, 0.6) is 5.75 Å². The van der Waals surface area contributed by atoms with Crippen molar-refractivity contribution in [1.29, 1.82) is 0 Å². The molecule has 1 atom stereocenters. The lowest BCUT2D eigenvalue weighted by Gasteiger charge is -2.17. The average molecular weight is 466 g/mol. The summed E-state index contributed by atoms with van der Waals surface area (Å²) in [4.78, 5) is 23.9. The maximum absolute atomic E-state index is 12.9. The van der Waals surface area contributed by atoms with Crippen molar-refractivity contribution < 1.29 is 19.4 Å². The first-order chi connectivity index (χ1) is 15.9. The number of rotatable bonds is 10. The summed E-state index contributed by atoms with van der Waals surface area (Å²) in [6.07, 6.45) is 2.59. The zero-order valence-corrected chi connectivity index (χ0v) is 19.6. The van der Waals surface area contributed by atoms with Gasteiger partial charge < -0.3 is 15.2 Å². The number of hydrogen-bond donors (Lipinski definition) is 2. The van der Waals surface area contributed by atoms with Crippen LogP contribution >= 0.6 is 11.6 Å². The van der Waals surface area contributed by atoms with Gasteiger partial charge in [-0.05, 0) is 66.8 Å². The van der Waals surface area contributed by atoms with E-state index < -0.39 is 5.97 Å². The molecule has 0 saturated heterocycles. The average Bonchev–Trinajstić information content (AvgIpc) is 2.80. The van der Waals surface area contributed by atoms with Crippen LogP contribution in [-0.4, -0.2) is 29.6 Å². The number of halogens is 1. The summed E-state index contributed by atoms with van der Waals surface area (Å²) in [6.45, 7) is 4.60. The second-order valence-electron chi connectivity index (χ2n) is 8.00. The van der Waals surface area contributed by atoms with Crippen molar-refractivity contribution in [2.24, 2.45) is 0 Å². The zero-order chi connectivity index (χ0) is 23.8. The first-order valence-corrected chi connectivity index (χ1v) is 11.4. The number of aromatic carboxylic acids is 1. The second kappa shape index (κ2) is 11.5. The summed E-state index contributed by atoms with van der Waals surface area (Å²) in [7, 11) is 0. The fourth-order valence-electron chi connectivity index (χ4n) is 3.48. The predicted molar refractivity (Wildman–Crippen MR) is 131 cm³/mol. The van der Waals surface area contributed by atoms with Crippen LogP contribution in [-0.2, 0) is 6.42 Å². The van der Waals surface area contributed by atoms with Crippen LogP contribution in [0.4, 0.5) is 0 Å². The first kappa shape index (κ1) is 24.3. The number of carboxylic acid groups (broad SMARTS) is 1. The molecule has 172 valence electrons. The number of hydrogen-bond acceptors (Lipinski definition) is 3. The van der Waals surface area contributed by atoms with Crippen LogP contribution in [0.25, 0.3) is 11.1 Å². The van der Waals surface area contributed by atoms with E-state index >= 15 is 0 Å². The van der Waals surface area contributed by atoms with Gasteiger partial charge in [0.1, 0.15) is 5.75 Å². The first-order valence-electron chi connectivity index (χ1n) is 11.0. The SMILES string of the molecule is CCCCOc1ccc(Cl)cc1C(=O)NC(C)Cc1ccc(-c2ccc(C(=O)O)cc2)cc1. The van der Waals surface area contributed by atoms with Gasteiger partial charge in [0.15, 0.2) is 0 Å². The maximum Gasteiger partial charge on any atom is 0.335 e. The number of carbonyl (C=O) groups is 2. The van der Waals surface area contributed by atoms with E-state index in [0.717, 1.165) is 29.5 Å². The van der Waals surface area contributed by atoms with Crippen molar-refractivity contribution in [3.05, 3.63) is 88.4 Å². The van der Waals surface area contributed by atoms with Gasteiger partial charge in [0.2, 0.25) is 0 Å². The van der Waals surface area contributed by atoms with Crippen molar-refractivity contribution in [2.75, 3.05) is 6.61 Å². The van der Waals surface area contributed by atoms with E-state index in [1.165, 1.54) is 0 Å². The molecule has 3 aromatic rings. The number of benzene rings is 3. The summed E-state index contributed by atoms with van der Waals surface area (Å²) in [5.74, 6) is -0.618. The molecule has 0 aliphatic heterocycles. The minimum atomic E-state index is -0.939. The summed E-state index contributed by atoms with van der Waals surface area (Å²) in [5, 5.41) is 12.6. The number of carbonyl (C=O) groups excluding carboxylic acids is 1. The topological polar surface area (TPSA) is 75.6 Å². The molecule has 1 unspecified atom stereocenters. The van der Waals surface area contributed by atoms with E-state index in [9.17, 15) is 9.59 Å². The maximum atomic E-state index is 12.9. The van der Waals surface area contributed by atoms with Gasteiger partial charge in [-0.25, -0.2) is 4.79 Å². The zero-order valence-electron chi connectivity index (χ0n) is 18.8. The van der Waals surface area contributed by atoms with Gasteiger partial charge in [0.25, 0.3) is 5.91 Å². The van der Waals surface area contributed by atoms with E-state index in [1.807, 2.05) is 31.2 Å². The van der Waals surface area contributed by atoms with Crippen molar-refractivity contribution in [3.63, 3.8) is 0 Å². The number of carboxylic acids is 1. The van der Waals surface area contributed by atoms with Crippen LogP contribution in [0, 0.1) is 0 Å². The Bertz CT molecular complexity index is 1090. The molecular formula is C27H28ClNO4. The minimum Gasteiger partial charge on any atom is -0.493 e. The lowest BCUT2D eigenvalue weighted by molar-refractivity contribution is 0.0696. The van der Waals surface area contributed by atoms with Gasteiger partial charge in [-0.15, -0.1) is 0 Å². The molecule has 0 fully saturated rings. The highest BCUT2D eigenvalue weighted by Crippen LogP contribution is 2.24. The van der Waals surface area contributed by atoms with Crippen LogP contribution in [0.3, 0.4) is 0 Å². The van der Waals surface area contributed by atoms with Crippen LogP contribution in [0.1, 0.15) is 53.0 Å². The molecule has 2 N–H and O–H groups in total. The second-order valence-corrected chi connectivity index (χ2v) is 8.44. The Morgan fingerprint density at radius 3 is 2.24 bits per heavy atom. The molecule has 0 aromatic heterocycles. The molecule has 0 spiro atoms. The van der Waals surface area contributed by atoms with Crippen LogP contribution in [0.15, 0.2) is 66.7 Å². The largest absolute Gasteiger partial charge is 0.493 e. The Kier molecular flexibility index (Phi) is 8.50.